The molecule has 2 atom stereocenters. The monoisotopic (exact) mass is 321 g/mol. The molecule has 1 aromatic carbocycles. The van der Waals surface area contributed by atoms with Gasteiger partial charge in [0.2, 0.25) is 5.91 Å². The van der Waals surface area contributed by atoms with Crippen LogP contribution in [0.4, 0.5) is 4.39 Å². The zero-order valence-corrected chi connectivity index (χ0v) is 13.7. The molecule has 5 heteroatoms. The molecule has 0 aromatic heterocycles. The second kappa shape index (κ2) is 5.87. The molecular weight excluding hydrogens is 297 g/mol. The van der Waals surface area contributed by atoms with Crippen LogP contribution in [-0.2, 0) is 14.9 Å². The van der Waals surface area contributed by atoms with Crippen LogP contribution in [0.2, 0.25) is 0 Å². The molecule has 2 heterocycles. The number of carbonyl (C=O) groups excluding carboxylic acids is 1. The van der Waals surface area contributed by atoms with Crippen molar-refractivity contribution in [2.75, 3.05) is 19.7 Å². The number of halogens is 1. The SMILES string of the molecule is CC(C)(C(=O)N1CC[C@H](O)[C@]2(CCCO2)C1)c1ccc(F)cc1. The van der Waals surface area contributed by atoms with E-state index in [-0.39, 0.29) is 11.7 Å². The first-order valence-corrected chi connectivity index (χ1v) is 8.23. The fourth-order valence-electron chi connectivity index (χ4n) is 3.71. The molecular formula is C18H24FNO3. The Morgan fingerprint density at radius 1 is 1.39 bits per heavy atom. The predicted octanol–water partition coefficient (Wildman–Crippen LogP) is 2.25. The molecule has 3 rings (SSSR count). The first-order valence-electron chi connectivity index (χ1n) is 8.23. The van der Waals surface area contributed by atoms with Crippen LogP contribution >= 0.6 is 0 Å². The fraction of sp³-hybridized carbons (Fsp3) is 0.611. The zero-order chi connectivity index (χ0) is 16.7. The number of piperidine rings is 1. The Morgan fingerprint density at radius 2 is 2.09 bits per heavy atom. The summed E-state index contributed by atoms with van der Waals surface area (Å²) in [5, 5.41) is 10.3. The average molecular weight is 321 g/mol. The number of carbonyl (C=O) groups is 1. The molecule has 1 spiro atoms. The number of hydrogen-bond donors (Lipinski definition) is 1. The van der Waals surface area contributed by atoms with Crippen molar-refractivity contribution in [1.29, 1.82) is 0 Å². The van der Waals surface area contributed by atoms with Gasteiger partial charge in [-0.2, -0.15) is 0 Å². The van der Waals surface area contributed by atoms with Crippen molar-refractivity contribution < 1.29 is 19.0 Å². The van der Waals surface area contributed by atoms with Crippen LogP contribution in [0.5, 0.6) is 0 Å². The molecule has 2 fully saturated rings. The molecule has 2 aliphatic heterocycles. The second-order valence-corrected chi connectivity index (χ2v) is 7.18. The molecule has 2 aliphatic rings. The van der Waals surface area contributed by atoms with Crippen molar-refractivity contribution in [3.05, 3.63) is 35.6 Å². The Hall–Kier alpha value is -1.46. The lowest BCUT2D eigenvalue weighted by Gasteiger charge is -2.45. The number of ether oxygens (including phenoxy) is 1. The fourth-order valence-corrected chi connectivity index (χ4v) is 3.71. The number of aliphatic hydroxyl groups excluding tert-OH is 1. The number of nitrogens with zero attached hydrogens (tertiary/aromatic N) is 1. The van der Waals surface area contributed by atoms with E-state index in [1.54, 1.807) is 17.0 Å². The number of amides is 1. The summed E-state index contributed by atoms with van der Waals surface area (Å²) in [5.74, 6) is -0.317. The highest BCUT2D eigenvalue weighted by molar-refractivity contribution is 5.87. The highest BCUT2D eigenvalue weighted by Gasteiger charge is 2.48. The van der Waals surface area contributed by atoms with E-state index in [2.05, 4.69) is 0 Å². The molecule has 23 heavy (non-hydrogen) atoms. The maximum absolute atomic E-state index is 13.1. The third-order valence-corrected chi connectivity index (χ3v) is 5.26. The molecule has 0 aliphatic carbocycles. The van der Waals surface area contributed by atoms with Crippen LogP contribution in [0.1, 0.15) is 38.7 Å². The molecule has 2 saturated heterocycles. The van der Waals surface area contributed by atoms with Gasteiger partial charge in [-0.15, -0.1) is 0 Å². The van der Waals surface area contributed by atoms with Crippen molar-refractivity contribution in [3.63, 3.8) is 0 Å². The number of benzene rings is 1. The van der Waals surface area contributed by atoms with Crippen molar-refractivity contribution in [1.82, 2.24) is 4.90 Å². The Labute approximate surface area is 136 Å². The molecule has 1 aromatic rings. The summed E-state index contributed by atoms with van der Waals surface area (Å²) in [6.45, 7) is 5.30. The van der Waals surface area contributed by atoms with Gasteiger partial charge in [0.05, 0.1) is 18.1 Å². The molecule has 0 unspecified atom stereocenters. The third-order valence-electron chi connectivity index (χ3n) is 5.26. The average Bonchev–Trinajstić information content (AvgIpc) is 2.99. The summed E-state index contributed by atoms with van der Waals surface area (Å²) >= 11 is 0. The van der Waals surface area contributed by atoms with Gasteiger partial charge in [0, 0.05) is 13.2 Å². The van der Waals surface area contributed by atoms with E-state index in [0.717, 1.165) is 18.4 Å². The Morgan fingerprint density at radius 3 is 2.70 bits per heavy atom. The summed E-state index contributed by atoms with van der Waals surface area (Å²) in [7, 11) is 0. The molecule has 0 saturated carbocycles. The summed E-state index contributed by atoms with van der Waals surface area (Å²) in [5.41, 5.74) is -0.556. The van der Waals surface area contributed by atoms with Gasteiger partial charge in [-0.3, -0.25) is 4.79 Å². The van der Waals surface area contributed by atoms with Gasteiger partial charge in [-0.1, -0.05) is 12.1 Å². The van der Waals surface area contributed by atoms with E-state index < -0.39 is 17.1 Å². The Bertz CT molecular complexity index is 578. The highest BCUT2D eigenvalue weighted by Crippen LogP contribution is 2.36. The lowest BCUT2D eigenvalue weighted by molar-refractivity contribution is -0.158. The quantitative estimate of drug-likeness (QED) is 0.909. The highest BCUT2D eigenvalue weighted by atomic mass is 19.1. The van der Waals surface area contributed by atoms with Gasteiger partial charge in [-0.25, -0.2) is 4.39 Å². The summed E-state index contributed by atoms with van der Waals surface area (Å²) in [6.07, 6.45) is 1.73. The van der Waals surface area contributed by atoms with Gasteiger partial charge in [0.15, 0.2) is 0 Å². The maximum atomic E-state index is 13.1. The number of aliphatic hydroxyl groups is 1. The van der Waals surface area contributed by atoms with E-state index in [0.29, 0.717) is 26.1 Å². The van der Waals surface area contributed by atoms with Gasteiger partial charge in [0.25, 0.3) is 0 Å². The molecule has 1 amide bonds. The van der Waals surface area contributed by atoms with E-state index in [4.69, 9.17) is 4.74 Å². The third kappa shape index (κ3) is 2.88. The molecule has 0 bridgehead atoms. The minimum Gasteiger partial charge on any atom is -0.390 e. The lowest BCUT2D eigenvalue weighted by atomic mass is 9.80. The van der Waals surface area contributed by atoms with E-state index >= 15 is 0 Å². The smallest absolute Gasteiger partial charge is 0.232 e. The summed E-state index contributed by atoms with van der Waals surface area (Å²) in [6, 6.07) is 6.08. The predicted molar refractivity (Wildman–Crippen MR) is 84.5 cm³/mol. The van der Waals surface area contributed by atoms with Crippen molar-refractivity contribution in [2.24, 2.45) is 0 Å². The van der Waals surface area contributed by atoms with E-state index in [9.17, 15) is 14.3 Å². The normalized spacial score (nSPS) is 28.3. The minimum atomic E-state index is -0.740. The number of likely N-dealkylation sites (tertiary alicyclic amines) is 1. The van der Waals surface area contributed by atoms with Crippen LogP contribution in [0, 0.1) is 5.82 Å². The van der Waals surface area contributed by atoms with E-state index in [1.165, 1.54) is 12.1 Å². The first kappa shape index (κ1) is 16.4. The maximum Gasteiger partial charge on any atom is 0.232 e. The molecule has 1 N–H and O–H groups in total. The Balaban J connectivity index is 1.80. The van der Waals surface area contributed by atoms with Crippen molar-refractivity contribution >= 4 is 5.91 Å². The Kier molecular flexibility index (Phi) is 4.19. The zero-order valence-electron chi connectivity index (χ0n) is 13.7. The first-order chi connectivity index (χ1) is 10.8. The topological polar surface area (TPSA) is 49.8 Å². The summed E-state index contributed by atoms with van der Waals surface area (Å²) < 4.78 is 18.9. The van der Waals surface area contributed by atoms with Gasteiger partial charge in [-0.05, 0) is 50.8 Å². The van der Waals surface area contributed by atoms with Gasteiger partial charge >= 0.3 is 0 Å². The van der Waals surface area contributed by atoms with Gasteiger partial charge < -0.3 is 14.7 Å². The minimum absolute atomic E-state index is 0.00844. The van der Waals surface area contributed by atoms with Crippen LogP contribution in [0.15, 0.2) is 24.3 Å². The second-order valence-electron chi connectivity index (χ2n) is 7.18. The molecule has 126 valence electrons. The lowest BCUT2D eigenvalue weighted by Crippen LogP contribution is -2.60. The molecule has 0 radical (unpaired) electrons. The van der Waals surface area contributed by atoms with Crippen LogP contribution < -0.4 is 0 Å². The largest absolute Gasteiger partial charge is 0.390 e. The van der Waals surface area contributed by atoms with E-state index in [1.807, 2.05) is 13.8 Å². The van der Waals surface area contributed by atoms with Crippen molar-refractivity contribution in [2.45, 2.75) is 50.2 Å². The van der Waals surface area contributed by atoms with Crippen molar-refractivity contribution in [3.8, 4) is 0 Å². The number of hydrogen-bond acceptors (Lipinski definition) is 3. The van der Waals surface area contributed by atoms with Crippen LogP contribution in [0.25, 0.3) is 0 Å². The van der Waals surface area contributed by atoms with Crippen LogP contribution in [-0.4, -0.2) is 47.3 Å². The number of rotatable bonds is 2. The molecule has 4 nitrogen and oxygen atoms in total. The standard InChI is InChI=1S/C18H24FNO3/c1-17(2,13-4-6-14(19)7-5-13)16(22)20-10-8-15(21)18(12-20)9-3-11-23-18/h4-7,15,21H,3,8-12H2,1-2H3/t15-,18-/m0/s1. The van der Waals surface area contributed by atoms with Gasteiger partial charge in [0.1, 0.15) is 11.4 Å². The summed E-state index contributed by atoms with van der Waals surface area (Å²) in [4.78, 5) is 14.8. The van der Waals surface area contributed by atoms with Crippen LogP contribution in [0.3, 0.4) is 0 Å².